The Balaban J connectivity index is 3.81. The van der Waals surface area contributed by atoms with Crippen LogP contribution in [-0.4, -0.2) is 37.0 Å². The zero-order chi connectivity index (χ0) is 9.45. The van der Waals surface area contributed by atoms with Gasteiger partial charge in [-0.3, -0.25) is 5.32 Å². The van der Waals surface area contributed by atoms with Crippen LogP contribution in [0.3, 0.4) is 0 Å². The van der Waals surface area contributed by atoms with Gasteiger partial charge in [0.05, 0.1) is 19.3 Å². The zero-order valence-corrected chi connectivity index (χ0v) is 7.63. The van der Waals surface area contributed by atoms with Crippen molar-refractivity contribution in [1.82, 2.24) is 5.32 Å². The van der Waals surface area contributed by atoms with Crippen LogP contribution in [0.1, 0.15) is 13.8 Å². The molecule has 4 nitrogen and oxygen atoms in total. The third-order valence-corrected chi connectivity index (χ3v) is 1.47. The highest BCUT2D eigenvalue weighted by molar-refractivity contribution is 5.03. The molecule has 0 aliphatic carbocycles. The monoisotopic (exact) mass is 172 g/mol. The quantitative estimate of drug-likeness (QED) is 0.586. The Hall–Kier alpha value is -0.630. The highest BCUT2D eigenvalue weighted by atomic mass is 16.5. The summed E-state index contributed by atoms with van der Waals surface area (Å²) in [7, 11) is 0. The van der Waals surface area contributed by atoms with Crippen LogP contribution in [0.2, 0.25) is 0 Å². The van der Waals surface area contributed by atoms with E-state index in [1.807, 2.05) is 6.92 Å². The summed E-state index contributed by atoms with van der Waals surface area (Å²) >= 11 is 0. The molecule has 0 saturated heterocycles. The predicted octanol–water partition coefficient (Wildman–Crippen LogP) is -0.113. The van der Waals surface area contributed by atoms with Gasteiger partial charge in [0, 0.05) is 13.2 Å². The van der Waals surface area contributed by atoms with Gasteiger partial charge in [0.2, 0.25) is 0 Å². The Morgan fingerprint density at radius 3 is 2.75 bits per heavy atom. The third-order valence-electron chi connectivity index (χ3n) is 1.47. The number of nitriles is 1. The lowest BCUT2D eigenvalue weighted by molar-refractivity contribution is 0.103. The molecule has 0 aromatic carbocycles. The lowest BCUT2D eigenvalue weighted by Crippen LogP contribution is -2.46. The number of nitrogens with zero attached hydrogens (tertiary/aromatic N) is 1. The molecule has 2 N–H and O–H groups in total. The van der Waals surface area contributed by atoms with Gasteiger partial charge in [-0.05, 0) is 13.8 Å². The van der Waals surface area contributed by atoms with Gasteiger partial charge in [-0.2, -0.15) is 5.26 Å². The van der Waals surface area contributed by atoms with E-state index in [9.17, 15) is 0 Å². The second-order valence-corrected chi connectivity index (χ2v) is 2.73. The SMILES string of the molecule is CCOCC(C)(C#N)NCCO. The molecule has 0 aromatic rings. The molecule has 0 spiro atoms. The highest BCUT2D eigenvalue weighted by Crippen LogP contribution is 2.01. The first-order chi connectivity index (χ1) is 5.68. The van der Waals surface area contributed by atoms with Crippen molar-refractivity contribution in [3.05, 3.63) is 0 Å². The van der Waals surface area contributed by atoms with E-state index < -0.39 is 5.54 Å². The number of ether oxygens (including phenoxy) is 1. The van der Waals surface area contributed by atoms with Crippen LogP contribution in [0.25, 0.3) is 0 Å². The van der Waals surface area contributed by atoms with Crippen molar-refractivity contribution in [2.24, 2.45) is 0 Å². The number of aliphatic hydroxyl groups excluding tert-OH is 1. The molecule has 0 heterocycles. The second kappa shape index (κ2) is 5.95. The standard InChI is InChI=1S/C8H16N2O2/c1-3-12-7-8(2,6-9)10-4-5-11/h10-11H,3-5,7H2,1-2H3. The van der Waals surface area contributed by atoms with E-state index in [1.165, 1.54) is 0 Å². The van der Waals surface area contributed by atoms with E-state index in [2.05, 4.69) is 11.4 Å². The highest BCUT2D eigenvalue weighted by Gasteiger charge is 2.22. The maximum Gasteiger partial charge on any atom is 0.127 e. The van der Waals surface area contributed by atoms with Crippen molar-refractivity contribution in [1.29, 1.82) is 5.26 Å². The number of hydrogen-bond acceptors (Lipinski definition) is 4. The molecule has 70 valence electrons. The average Bonchev–Trinajstić information content (AvgIpc) is 2.11. The first kappa shape index (κ1) is 11.4. The first-order valence-electron chi connectivity index (χ1n) is 4.03. The summed E-state index contributed by atoms with van der Waals surface area (Å²) in [4.78, 5) is 0. The summed E-state index contributed by atoms with van der Waals surface area (Å²) in [5, 5.41) is 20.2. The fraction of sp³-hybridized carbons (Fsp3) is 0.875. The molecular formula is C8H16N2O2. The number of hydrogen-bond donors (Lipinski definition) is 2. The summed E-state index contributed by atoms with van der Waals surface area (Å²) in [5.74, 6) is 0. The minimum atomic E-state index is -0.682. The number of rotatable bonds is 6. The van der Waals surface area contributed by atoms with Crippen LogP contribution in [0.5, 0.6) is 0 Å². The third kappa shape index (κ3) is 4.29. The van der Waals surface area contributed by atoms with Crippen molar-refractivity contribution >= 4 is 0 Å². The molecule has 0 radical (unpaired) electrons. The molecule has 0 rings (SSSR count). The average molecular weight is 172 g/mol. The Morgan fingerprint density at radius 1 is 1.67 bits per heavy atom. The van der Waals surface area contributed by atoms with E-state index in [4.69, 9.17) is 15.1 Å². The van der Waals surface area contributed by atoms with Gasteiger partial charge in [0.1, 0.15) is 5.54 Å². The Labute approximate surface area is 73.1 Å². The first-order valence-corrected chi connectivity index (χ1v) is 4.03. The Bertz CT molecular complexity index is 146. The molecule has 0 fully saturated rings. The fourth-order valence-corrected chi connectivity index (χ4v) is 0.761. The van der Waals surface area contributed by atoms with Crippen molar-refractivity contribution in [3.8, 4) is 6.07 Å². The summed E-state index contributed by atoms with van der Waals surface area (Å²) in [5.41, 5.74) is -0.682. The van der Waals surface area contributed by atoms with Crippen molar-refractivity contribution < 1.29 is 9.84 Å². The summed E-state index contributed by atoms with van der Waals surface area (Å²) in [6.45, 7) is 5.01. The largest absolute Gasteiger partial charge is 0.395 e. The smallest absolute Gasteiger partial charge is 0.127 e. The van der Waals surface area contributed by atoms with Crippen molar-refractivity contribution in [2.75, 3.05) is 26.4 Å². The topological polar surface area (TPSA) is 65.3 Å². The minimum absolute atomic E-state index is 0.0311. The minimum Gasteiger partial charge on any atom is -0.395 e. The summed E-state index contributed by atoms with van der Waals surface area (Å²) in [6.07, 6.45) is 0. The van der Waals surface area contributed by atoms with Gasteiger partial charge in [-0.15, -0.1) is 0 Å². The molecule has 0 aromatic heterocycles. The molecule has 0 amide bonds. The maximum absolute atomic E-state index is 8.76. The lowest BCUT2D eigenvalue weighted by Gasteiger charge is -2.22. The van der Waals surface area contributed by atoms with Crippen molar-refractivity contribution in [3.63, 3.8) is 0 Å². The molecule has 1 atom stereocenters. The predicted molar refractivity (Wildman–Crippen MR) is 45.6 cm³/mol. The van der Waals surface area contributed by atoms with Gasteiger partial charge in [-0.1, -0.05) is 0 Å². The molecule has 0 aliphatic heterocycles. The lowest BCUT2D eigenvalue weighted by atomic mass is 10.1. The van der Waals surface area contributed by atoms with E-state index >= 15 is 0 Å². The molecule has 12 heavy (non-hydrogen) atoms. The van der Waals surface area contributed by atoms with E-state index in [0.717, 1.165) is 0 Å². The fourth-order valence-electron chi connectivity index (χ4n) is 0.761. The molecule has 0 aliphatic rings. The van der Waals surface area contributed by atoms with Crippen LogP contribution < -0.4 is 5.32 Å². The van der Waals surface area contributed by atoms with Gasteiger partial charge < -0.3 is 9.84 Å². The molecular weight excluding hydrogens is 156 g/mol. The van der Waals surface area contributed by atoms with Crippen LogP contribution in [0, 0.1) is 11.3 Å². The van der Waals surface area contributed by atoms with Crippen LogP contribution >= 0.6 is 0 Å². The summed E-state index contributed by atoms with van der Waals surface area (Å²) in [6, 6.07) is 2.10. The van der Waals surface area contributed by atoms with Gasteiger partial charge in [-0.25, -0.2) is 0 Å². The zero-order valence-electron chi connectivity index (χ0n) is 7.63. The Kier molecular flexibility index (Phi) is 5.64. The van der Waals surface area contributed by atoms with Crippen LogP contribution in [0.4, 0.5) is 0 Å². The Morgan fingerprint density at radius 2 is 2.33 bits per heavy atom. The molecule has 4 heteroatoms. The second-order valence-electron chi connectivity index (χ2n) is 2.73. The van der Waals surface area contributed by atoms with Gasteiger partial charge in [0.25, 0.3) is 0 Å². The van der Waals surface area contributed by atoms with E-state index in [0.29, 0.717) is 19.8 Å². The molecule has 1 unspecified atom stereocenters. The molecule has 0 bridgehead atoms. The number of aliphatic hydroxyl groups is 1. The number of β-amino-alcohol motifs (C(OH)–C–C–N with tert-alkyl or cyclic N) is 1. The maximum atomic E-state index is 8.76. The van der Waals surface area contributed by atoms with Gasteiger partial charge >= 0.3 is 0 Å². The van der Waals surface area contributed by atoms with E-state index in [1.54, 1.807) is 6.92 Å². The molecule has 0 saturated carbocycles. The summed E-state index contributed by atoms with van der Waals surface area (Å²) < 4.78 is 5.12. The van der Waals surface area contributed by atoms with Gasteiger partial charge in [0.15, 0.2) is 0 Å². The van der Waals surface area contributed by atoms with Crippen molar-refractivity contribution in [2.45, 2.75) is 19.4 Å². The van der Waals surface area contributed by atoms with E-state index in [-0.39, 0.29) is 6.61 Å². The van der Waals surface area contributed by atoms with Crippen LogP contribution in [-0.2, 0) is 4.74 Å². The van der Waals surface area contributed by atoms with Crippen LogP contribution in [0.15, 0.2) is 0 Å². The number of nitrogens with one attached hydrogen (secondary N) is 1. The normalized spacial score (nSPS) is 15.2.